The molecule has 1 aromatic carbocycles. The number of hydrogen-bond acceptors (Lipinski definition) is 2. The third-order valence-electron chi connectivity index (χ3n) is 2.85. The number of hydrogen-bond donors (Lipinski definition) is 0. The number of aromatic nitrogens is 2. The lowest BCUT2D eigenvalue weighted by atomic mass is 10.3. The van der Waals surface area contributed by atoms with Crippen molar-refractivity contribution in [3.8, 4) is 0 Å². The van der Waals surface area contributed by atoms with Crippen molar-refractivity contribution in [2.75, 3.05) is 0 Å². The molecular weight excluding hydrogens is 323 g/mol. The minimum absolute atomic E-state index is 0.366. The van der Waals surface area contributed by atoms with E-state index in [-0.39, 0.29) is 0 Å². The molecule has 3 rings (SSSR count). The largest absolute Gasteiger partial charge is 0.322 e. The van der Waals surface area contributed by atoms with Gasteiger partial charge in [0.1, 0.15) is 5.82 Å². The van der Waals surface area contributed by atoms with Crippen molar-refractivity contribution >= 4 is 57.2 Å². The maximum absolute atomic E-state index is 6.06. The van der Waals surface area contributed by atoms with Crippen molar-refractivity contribution in [3.05, 3.63) is 50.4 Å². The van der Waals surface area contributed by atoms with Gasteiger partial charge in [-0.25, -0.2) is 4.98 Å². The molecule has 0 saturated carbocycles. The Morgan fingerprint density at radius 3 is 2.68 bits per heavy atom. The molecular formula is C13H9Cl3N2S. The van der Waals surface area contributed by atoms with Crippen LogP contribution in [0.15, 0.2) is 30.3 Å². The Morgan fingerprint density at radius 2 is 2.00 bits per heavy atom. The van der Waals surface area contributed by atoms with E-state index in [0.29, 0.717) is 17.4 Å². The topological polar surface area (TPSA) is 17.8 Å². The van der Waals surface area contributed by atoms with E-state index < -0.39 is 0 Å². The van der Waals surface area contributed by atoms with Crippen LogP contribution in [0.5, 0.6) is 0 Å². The molecule has 0 amide bonds. The third kappa shape index (κ3) is 2.61. The molecule has 0 fully saturated rings. The van der Waals surface area contributed by atoms with Gasteiger partial charge in [-0.3, -0.25) is 0 Å². The van der Waals surface area contributed by atoms with Crippen LogP contribution < -0.4 is 0 Å². The van der Waals surface area contributed by atoms with Gasteiger partial charge < -0.3 is 4.57 Å². The minimum atomic E-state index is 0.366. The van der Waals surface area contributed by atoms with Crippen LogP contribution in [0.3, 0.4) is 0 Å². The van der Waals surface area contributed by atoms with Gasteiger partial charge >= 0.3 is 0 Å². The summed E-state index contributed by atoms with van der Waals surface area (Å²) in [6.07, 6.45) is 0. The van der Waals surface area contributed by atoms with Gasteiger partial charge in [0.25, 0.3) is 0 Å². The summed E-state index contributed by atoms with van der Waals surface area (Å²) < 4.78 is 2.86. The molecule has 6 heteroatoms. The smallest absolute Gasteiger partial charge is 0.125 e. The van der Waals surface area contributed by atoms with Crippen LogP contribution in [0.25, 0.3) is 11.0 Å². The summed E-state index contributed by atoms with van der Waals surface area (Å²) in [6.45, 7) is 0.705. The van der Waals surface area contributed by atoms with Crippen molar-refractivity contribution in [2.45, 2.75) is 12.4 Å². The van der Waals surface area contributed by atoms with Gasteiger partial charge in [0.2, 0.25) is 0 Å². The van der Waals surface area contributed by atoms with E-state index in [1.165, 1.54) is 0 Å². The Hall–Kier alpha value is -0.740. The number of thiophene rings is 1. The number of rotatable bonds is 3. The van der Waals surface area contributed by atoms with E-state index in [4.69, 9.17) is 34.8 Å². The molecule has 0 aliphatic rings. The van der Waals surface area contributed by atoms with Gasteiger partial charge in [0.05, 0.1) is 27.8 Å². The van der Waals surface area contributed by atoms with E-state index >= 15 is 0 Å². The number of alkyl halides is 1. The molecule has 0 aliphatic carbocycles. The van der Waals surface area contributed by atoms with Gasteiger partial charge in [-0.15, -0.1) is 22.9 Å². The molecule has 98 valence electrons. The van der Waals surface area contributed by atoms with Crippen molar-refractivity contribution < 1.29 is 0 Å². The van der Waals surface area contributed by atoms with Crippen LogP contribution in [-0.2, 0) is 12.4 Å². The molecule has 2 aromatic heterocycles. The fourth-order valence-electron chi connectivity index (χ4n) is 2.02. The number of halogens is 3. The quantitative estimate of drug-likeness (QED) is 0.604. The standard InChI is InChI=1S/C13H9Cl3N2S/c14-6-13-17-10-3-1-8(15)5-11(10)18(13)7-9-2-4-12(16)19-9/h1-5H,6-7H2. The normalized spacial score (nSPS) is 11.3. The number of nitrogens with zero attached hydrogens (tertiary/aromatic N) is 2. The van der Waals surface area contributed by atoms with Crippen LogP contribution in [-0.4, -0.2) is 9.55 Å². The summed E-state index contributed by atoms with van der Waals surface area (Å²) in [5.74, 6) is 1.20. The van der Waals surface area contributed by atoms with Gasteiger partial charge in [0.15, 0.2) is 0 Å². The van der Waals surface area contributed by atoms with Crippen LogP contribution in [0.1, 0.15) is 10.7 Å². The lowest BCUT2D eigenvalue weighted by Gasteiger charge is -2.06. The molecule has 2 nitrogen and oxygen atoms in total. The highest BCUT2D eigenvalue weighted by molar-refractivity contribution is 7.16. The lowest BCUT2D eigenvalue weighted by molar-refractivity contribution is 0.789. The van der Waals surface area contributed by atoms with E-state index in [1.807, 2.05) is 30.3 Å². The summed E-state index contributed by atoms with van der Waals surface area (Å²) in [7, 11) is 0. The lowest BCUT2D eigenvalue weighted by Crippen LogP contribution is -2.02. The van der Waals surface area contributed by atoms with Crippen LogP contribution in [0.2, 0.25) is 9.36 Å². The van der Waals surface area contributed by atoms with Crippen molar-refractivity contribution in [1.29, 1.82) is 0 Å². The first kappa shape index (κ1) is 13.3. The van der Waals surface area contributed by atoms with Gasteiger partial charge in [0, 0.05) is 9.90 Å². The zero-order valence-corrected chi connectivity index (χ0v) is 12.8. The van der Waals surface area contributed by atoms with E-state index in [2.05, 4.69) is 9.55 Å². The third-order valence-corrected chi connectivity index (χ3v) is 4.54. The van der Waals surface area contributed by atoms with E-state index in [9.17, 15) is 0 Å². The average Bonchev–Trinajstić information content (AvgIpc) is 2.94. The Morgan fingerprint density at radius 1 is 1.16 bits per heavy atom. The number of benzene rings is 1. The highest BCUT2D eigenvalue weighted by Gasteiger charge is 2.11. The summed E-state index contributed by atoms with van der Waals surface area (Å²) in [4.78, 5) is 5.68. The summed E-state index contributed by atoms with van der Waals surface area (Å²) in [5, 5.41) is 0.694. The minimum Gasteiger partial charge on any atom is -0.322 e. The fraction of sp³-hybridized carbons (Fsp3) is 0.154. The van der Waals surface area contributed by atoms with Gasteiger partial charge in [-0.05, 0) is 30.3 Å². The molecule has 0 N–H and O–H groups in total. The number of imidazole rings is 1. The first-order chi connectivity index (χ1) is 9.17. The zero-order chi connectivity index (χ0) is 13.4. The van der Waals surface area contributed by atoms with Crippen LogP contribution in [0.4, 0.5) is 0 Å². The molecule has 0 unspecified atom stereocenters. The summed E-state index contributed by atoms with van der Waals surface area (Å²) >= 11 is 19.6. The molecule has 0 saturated heterocycles. The molecule has 2 heterocycles. The van der Waals surface area contributed by atoms with Crippen LogP contribution in [0, 0.1) is 0 Å². The molecule has 0 spiro atoms. The molecule has 0 atom stereocenters. The number of fused-ring (bicyclic) bond motifs is 1. The zero-order valence-electron chi connectivity index (χ0n) is 9.74. The van der Waals surface area contributed by atoms with Gasteiger partial charge in [-0.1, -0.05) is 23.2 Å². The van der Waals surface area contributed by atoms with Crippen molar-refractivity contribution in [1.82, 2.24) is 9.55 Å². The molecule has 0 bridgehead atoms. The summed E-state index contributed by atoms with van der Waals surface area (Å²) in [5.41, 5.74) is 1.90. The molecule has 19 heavy (non-hydrogen) atoms. The molecule has 0 aliphatic heterocycles. The average molecular weight is 332 g/mol. The first-order valence-electron chi connectivity index (χ1n) is 5.62. The Balaban J connectivity index is 2.12. The Kier molecular flexibility index (Phi) is 3.72. The Bertz CT molecular complexity index is 733. The molecule has 0 radical (unpaired) electrons. The molecule has 3 aromatic rings. The maximum Gasteiger partial charge on any atom is 0.125 e. The van der Waals surface area contributed by atoms with Crippen molar-refractivity contribution in [3.63, 3.8) is 0 Å². The van der Waals surface area contributed by atoms with Gasteiger partial charge in [-0.2, -0.15) is 0 Å². The second-order valence-corrected chi connectivity index (χ2v) is 6.59. The highest BCUT2D eigenvalue weighted by Crippen LogP contribution is 2.26. The summed E-state index contributed by atoms with van der Waals surface area (Å²) in [6, 6.07) is 9.57. The monoisotopic (exact) mass is 330 g/mol. The van der Waals surface area contributed by atoms with Crippen molar-refractivity contribution in [2.24, 2.45) is 0 Å². The predicted octanol–water partition coefficient (Wildman–Crippen LogP) is 5.19. The second-order valence-electron chi connectivity index (χ2n) is 4.09. The second kappa shape index (κ2) is 5.33. The first-order valence-corrected chi connectivity index (χ1v) is 7.73. The maximum atomic E-state index is 6.06. The predicted molar refractivity (Wildman–Crippen MR) is 82.7 cm³/mol. The SMILES string of the molecule is ClCc1nc2ccc(Cl)cc2n1Cc1ccc(Cl)s1. The van der Waals surface area contributed by atoms with E-state index in [1.54, 1.807) is 11.3 Å². The fourth-order valence-corrected chi connectivity index (χ4v) is 3.46. The highest BCUT2D eigenvalue weighted by atomic mass is 35.5. The Labute approximate surface area is 129 Å². The van der Waals surface area contributed by atoms with Crippen LogP contribution >= 0.6 is 46.1 Å². The van der Waals surface area contributed by atoms with E-state index in [0.717, 1.165) is 26.1 Å².